The number of carboxylic acid groups (broad SMARTS) is 1. The number of nitrogens with one attached hydrogen (secondary N) is 1. The SMILES string of the molecule is Cc1ccc(NC(=O)N2CCCC2C(=O)O)cc1Cl. The molecule has 5 nitrogen and oxygen atoms in total. The second kappa shape index (κ2) is 5.48. The number of urea groups is 1. The molecule has 2 N–H and O–H groups in total. The van der Waals surface area contributed by atoms with Crippen molar-refractivity contribution >= 4 is 29.3 Å². The van der Waals surface area contributed by atoms with Gasteiger partial charge in [0.15, 0.2) is 0 Å². The van der Waals surface area contributed by atoms with Gasteiger partial charge in [0.05, 0.1) is 0 Å². The number of likely N-dealkylation sites (tertiary alicyclic amines) is 1. The molecule has 102 valence electrons. The van der Waals surface area contributed by atoms with Crippen LogP contribution in [-0.2, 0) is 4.79 Å². The number of hydrogen-bond acceptors (Lipinski definition) is 2. The summed E-state index contributed by atoms with van der Waals surface area (Å²) in [4.78, 5) is 24.4. The topological polar surface area (TPSA) is 69.6 Å². The van der Waals surface area contributed by atoms with E-state index in [1.807, 2.05) is 6.92 Å². The molecule has 0 radical (unpaired) electrons. The fourth-order valence-corrected chi connectivity index (χ4v) is 2.31. The van der Waals surface area contributed by atoms with Crippen LogP contribution in [0.5, 0.6) is 0 Å². The Morgan fingerprint density at radius 3 is 2.84 bits per heavy atom. The van der Waals surface area contributed by atoms with Gasteiger partial charge in [0.1, 0.15) is 6.04 Å². The lowest BCUT2D eigenvalue weighted by Gasteiger charge is -2.21. The molecule has 1 aliphatic rings. The molecular formula is C13H15ClN2O3. The maximum absolute atomic E-state index is 12.0. The molecule has 1 unspecified atom stereocenters. The maximum atomic E-state index is 12.0. The monoisotopic (exact) mass is 282 g/mol. The fourth-order valence-electron chi connectivity index (χ4n) is 2.13. The molecular weight excluding hydrogens is 268 g/mol. The summed E-state index contributed by atoms with van der Waals surface area (Å²) in [5.74, 6) is -0.963. The van der Waals surface area contributed by atoms with E-state index in [9.17, 15) is 9.59 Å². The van der Waals surface area contributed by atoms with Crippen LogP contribution < -0.4 is 5.32 Å². The molecule has 1 heterocycles. The number of aryl methyl sites for hydroxylation is 1. The van der Waals surface area contributed by atoms with Gasteiger partial charge in [0, 0.05) is 17.3 Å². The first-order chi connectivity index (χ1) is 8.99. The van der Waals surface area contributed by atoms with Gasteiger partial charge in [-0.1, -0.05) is 17.7 Å². The highest BCUT2D eigenvalue weighted by molar-refractivity contribution is 6.31. The van der Waals surface area contributed by atoms with Crippen LogP contribution in [0.15, 0.2) is 18.2 Å². The van der Waals surface area contributed by atoms with E-state index in [1.165, 1.54) is 4.90 Å². The van der Waals surface area contributed by atoms with Crippen molar-refractivity contribution in [2.24, 2.45) is 0 Å². The van der Waals surface area contributed by atoms with Crippen molar-refractivity contribution in [1.82, 2.24) is 4.90 Å². The van der Waals surface area contributed by atoms with Crippen LogP contribution in [0.4, 0.5) is 10.5 Å². The predicted octanol–water partition coefficient (Wildman–Crippen LogP) is 2.73. The number of rotatable bonds is 2. The number of aliphatic carboxylic acids is 1. The zero-order valence-electron chi connectivity index (χ0n) is 10.5. The standard InChI is InChI=1S/C13H15ClN2O3/c1-8-4-5-9(7-10(8)14)15-13(19)16-6-2-3-11(16)12(17)18/h4-5,7,11H,2-3,6H2,1H3,(H,15,19)(H,17,18). The molecule has 0 aromatic heterocycles. The third kappa shape index (κ3) is 2.98. The van der Waals surface area contributed by atoms with E-state index in [0.717, 1.165) is 5.56 Å². The summed E-state index contributed by atoms with van der Waals surface area (Å²) in [5.41, 5.74) is 1.49. The van der Waals surface area contributed by atoms with Crippen LogP contribution >= 0.6 is 11.6 Å². The van der Waals surface area contributed by atoms with Crippen LogP contribution in [0.25, 0.3) is 0 Å². The molecule has 1 saturated heterocycles. The van der Waals surface area contributed by atoms with Crippen molar-refractivity contribution in [1.29, 1.82) is 0 Å². The van der Waals surface area contributed by atoms with E-state index in [2.05, 4.69) is 5.32 Å². The van der Waals surface area contributed by atoms with Crippen LogP contribution in [0.3, 0.4) is 0 Å². The van der Waals surface area contributed by atoms with E-state index in [0.29, 0.717) is 30.1 Å². The third-order valence-electron chi connectivity index (χ3n) is 3.22. The Hall–Kier alpha value is -1.75. The quantitative estimate of drug-likeness (QED) is 0.876. The van der Waals surface area contributed by atoms with Crippen molar-refractivity contribution in [2.75, 3.05) is 11.9 Å². The summed E-state index contributed by atoms with van der Waals surface area (Å²) in [5, 5.41) is 12.3. The van der Waals surface area contributed by atoms with Gasteiger partial charge in [-0.2, -0.15) is 0 Å². The molecule has 1 aromatic carbocycles. The number of benzene rings is 1. The van der Waals surface area contributed by atoms with Gasteiger partial charge >= 0.3 is 12.0 Å². The molecule has 1 aromatic rings. The Balaban J connectivity index is 2.08. The maximum Gasteiger partial charge on any atom is 0.326 e. The van der Waals surface area contributed by atoms with Gasteiger partial charge in [0.25, 0.3) is 0 Å². The normalized spacial score (nSPS) is 18.4. The minimum absolute atomic E-state index is 0.398. The number of carbonyl (C=O) groups excluding carboxylic acids is 1. The number of nitrogens with zero attached hydrogens (tertiary/aromatic N) is 1. The van der Waals surface area contributed by atoms with E-state index in [1.54, 1.807) is 18.2 Å². The minimum Gasteiger partial charge on any atom is -0.480 e. The number of halogens is 1. The minimum atomic E-state index is -0.963. The highest BCUT2D eigenvalue weighted by Gasteiger charge is 2.33. The zero-order chi connectivity index (χ0) is 14.0. The van der Waals surface area contributed by atoms with E-state index in [-0.39, 0.29) is 0 Å². The molecule has 6 heteroatoms. The summed E-state index contributed by atoms with van der Waals surface area (Å²) in [6, 6.07) is 4.06. The fraction of sp³-hybridized carbons (Fsp3) is 0.385. The van der Waals surface area contributed by atoms with Gasteiger partial charge in [-0.05, 0) is 37.5 Å². The molecule has 2 amide bonds. The summed E-state index contributed by atoms with van der Waals surface area (Å²) in [6.45, 7) is 2.33. The van der Waals surface area contributed by atoms with Crippen LogP contribution in [-0.4, -0.2) is 34.6 Å². The number of carbonyl (C=O) groups is 2. The average molecular weight is 283 g/mol. The average Bonchev–Trinajstić information content (AvgIpc) is 2.83. The second-order valence-electron chi connectivity index (χ2n) is 4.58. The Morgan fingerprint density at radius 1 is 1.47 bits per heavy atom. The smallest absolute Gasteiger partial charge is 0.326 e. The summed E-state index contributed by atoms with van der Waals surface area (Å²) in [7, 11) is 0. The third-order valence-corrected chi connectivity index (χ3v) is 3.63. The first-order valence-corrected chi connectivity index (χ1v) is 6.43. The van der Waals surface area contributed by atoms with E-state index < -0.39 is 18.0 Å². The highest BCUT2D eigenvalue weighted by Crippen LogP contribution is 2.22. The van der Waals surface area contributed by atoms with E-state index >= 15 is 0 Å². The molecule has 0 bridgehead atoms. The predicted molar refractivity (Wildman–Crippen MR) is 72.6 cm³/mol. The van der Waals surface area contributed by atoms with Gasteiger partial charge in [0.2, 0.25) is 0 Å². The molecule has 1 fully saturated rings. The Kier molecular flexibility index (Phi) is 3.95. The van der Waals surface area contributed by atoms with Crippen molar-refractivity contribution in [3.63, 3.8) is 0 Å². The van der Waals surface area contributed by atoms with Gasteiger partial charge in [-0.25, -0.2) is 9.59 Å². The lowest BCUT2D eigenvalue weighted by atomic mass is 10.2. The summed E-state index contributed by atoms with van der Waals surface area (Å²) < 4.78 is 0. The number of hydrogen-bond donors (Lipinski definition) is 2. The zero-order valence-corrected chi connectivity index (χ0v) is 11.3. The second-order valence-corrected chi connectivity index (χ2v) is 4.99. The molecule has 1 aliphatic heterocycles. The first kappa shape index (κ1) is 13.7. The molecule has 0 saturated carbocycles. The number of amides is 2. The highest BCUT2D eigenvalue weighted by atomic mass is 35.5. The Labute approximate surface area is 116 Å². The number of anilines is 1. The summed E-state index contributed by atoms with van der Waals surface area (Å²) >= 11 is 5.98. The van der Waals surface area contributed by atoms with Crippen molar-refractivity contribution in [2.45, 2.75) is 25.8 Å². The van der Waals surface area contributed by atoms with Gasteiger partial charge < -0.3 is 15.3 Å². The largest absolute Gasteiger partial charge is 0.480 e. The molecule has 1 atom stereocenters. The van der Waals surface area contributed by atoms with Crippen molar-refractivity contribution in [3.05, 3.63) is 28.8 Å². The Morgan fingerprint density at radius 2 is 2.21 bits per heavy atom. The molecule has 19 heavy (non-hydrogen) atoms. The van der Waals surface area contributed by atoms with E-state index in [4.69, 9.17) is 16.7 Å². The molecule has 0 aliphatic carbocycles. The van der Waals surface area contributed by atoms with Gasteiger partial charge in [-0.3, -0.25) is 0 Å². The van der Waals surface area contributed by atoms with Crippen LogP contribution in [0.2, 0.25) is 5.02 Å². The summed E-state index contributed by atoms with van der Waals surface area (Å²) in [6.07, 6.45) is 1.20. The van der Waals surface area contributed by atoms with Gasteiger partial charge in [-0.15, -0.1) is 0 Å². The first-order valence-electron chi connectivity index (χ1n) is 6.05. The lowest BCUT2D eigenvalue weighted by Crippen LogP contribution is -2.42. The van der Waals surface area contributed by atoms with Crippen LogP contribution in [0, 0.1) is 6.92 Å². The van der Waals surface area contributed by atoms with Crippen molar-refractivity contribution in [3.8, 4) is 0 Å². The number of carboxylic acids is 1. The molecule has 0 spiro atoms. The Bertz CT molecular complexity index is 519. The lowest BCUT2D eigenvalue weighted by molar-refractivity contribution is -0.141. The van der Waals surface area contributed by atoms with Crippen molar-refractivity contribution < 1.29 is 14.7 Å². The van der Waals surface area contributed by atoms with Crippen LogP contribution in [0.1, 0.15) is 18.4 Å². The molecule has 2 rings (SSSR count).